The topological polar surface area (TPSA) is 42.4 Å². The summed E-state index contributed by atoms with van der Waals surface area (Å²) in [5.74, 6) is -1.01. The summed E-state index contributed by atoms with van der Waals surface area (Å²) >= 11 is 0. The number of hydrogen-bond acceptors (Lipinski definition) is 3. The minimum atomic E-state index is -0.584. The maximum Gasteiger partial charge on any atom is 0.280 e. The minimum Gasteiger partial charge on any atom is -0.268 e. The summed E-state index contributed by atoms with van der Waals surface area (Å²) in [6, 6.07) is 0. The Bertz CT molecular complexity index is 420. The Morgan fingerprint density at radius 3 is 2.94 bits per heavy atom. The SMILES string of the molecule is CC(C)ON1CCc2cncc(F)c2C1=O. The first-order valence-corrected chi connectivity index (χ1v) is 5.20. The second-order valence-electron chi connectivity index (χ2n) is 3.97. The molecule has 4 nitrogen and oxygen atoms in total. The number of hydroxylamine groups is 2. The van der Waals surface area contributed by atoms with Gasteiger partial charge in [0.25, 0.3) is 5.91 Å². The number of amides is 1. The van der Waals surface area contributed by atoms with Crippen molar-refractivity contribution in [2.75, 3.05) is 6.54 Å². The zero-order valence-electron chi connectivity index (χ0n) is 9.24. The maximum atomic E-state index is 13.5. The van der Waals surface area contributed by atoms with Crippen LogP contribution < -0.4 is 0 Å². The van der Waals surface area contributed by atoms with E-state index in [4.69, 9.17) is 4.84 Å². The number of carbonyl (C=O) groups is 1. The van der Waals surface area contributed by atoms with Gasteiger partial charge in [-0.1, -0.05) is 0 Å². The van der Waals surface area contributed by atoms with Crippen molar-refractivity contribution in [2.45, 2.75) is 26.4 Å². The van der Waals surface area contributed by atoms with Crippen LogP contribution in [0.3, 0.4) is 0 Å². The standard InChI is InChI=1S/C11H13FN2O2/c1-7(2)16-14-4-3-8-5-13-6-9(12)10(8)11(14)15/h5-7H,3-4H2,1-2H3. The molecular formula is C11H13FN2O2. The van der Waals surface area contributed by atoms with Crippen LogP contribution in [0.25, 0.3) is 0 Å². The van der Waals surface area contributed by atoms with Gasteiger partial charge in [0.1, 0.15) is 0 Å². The van der Waals surface area contributed by atoms with Crippen molar-refractivity contribution in [2.24, 2.45) is 0 Å². The predicted octanol–water partition coefficient (Wildman–Crippen LogP) is 1.56. The third kappa shape index (κ3) is 1.90. The summed E-state index contributed by atoms with van der Waals surface area (Å²) in [4.78, 5) is 20.9. The zero-order chi connectivity index (χ0) is 11.7. The Kier molecular flexibility index (Phi) is 2.87. The number of aromatic nitrogens is 1. The molecule has 0 N–H and O–H groups in total. The number of carbonyl (C=O) groups excluding carboxylic acids is 1. The molecule has 0 spiro atoms. The molecule has 86 valence electrons. The smallest absolute Gasteiger partial charge is 0.268 e. The molecule has 0 bridgehead atoms. The summed E-state index contributed by atoms with van der Waals surface area (Å²) in [6.45, 7) is 4.09. The second-order valence-corrected chi connectivity index (χ2v) is 3.97. The first-order valence-electron chi connectivity index (χ1n) is 5.20. The molecule has 1 aliphatic heterocycles. The monoisotopic (exact) mass is 224 g/mol. The molecule has 2 heterocycles. The van der Waals surface area contributed by atoms with Crippen molar-refractivity contribution in [1.29, 1.82) is 0 Å². The number of fused-ring (bicyclic) bond motifs is 1. The number of halogens is 1. The van der Waals surface area contributed by atoms with Crippen LogP contribution in [0.4, 0.5) is 4.39 Å². The van der Waals surface area contributed by atoms with Gasteiger partial charge in [0.2, 0.25) is 0 Å². The Balaban J connectivity index is 2.31. The average molecular weight is 224 g/mol. The molecule has 2 rings (SSSR count). The van der Waals surface area contributed by atoms with Crippen LogP contribution in [-0.4, -0.2) is 28.6 Å². The van der Waals surface area contributed by atoms with Crippen molar-refractivity contribution in [3.8, 4) is 0 Å². The molecule has 1 aromatic rings. The number of rotatable bonds is 2. The highest BCUT2D eigenvalue weighted by molar-refractivity contribution is 5.96. The predicted molar refractivity (Wildman–Crippen MR) is 55.2 cm³/mol. The van der Waals surface area contributed by atoms with Crippen LogP contribution in [0, 0.1) is 5.82 Å². The highest BCUT2D eigenvalue weighted by atomic mass is 19.1. The molecule has 0 aromatic carbocycles. The lowest BCUT2D eigenvalue weighted by atomic mass is 10.0. The van der Waals surface area contributed by atoms with Crippen molar-refractivity contribution >= 4 is 5.91 Å². The van der Waals surface area contributed by atoms with Gasteiger partial charge in [-0.15, -0.1) is 0 Å². The highest BCUT2D eigenvalue weighted by Crippen LogP contribution is 2.21. The van der Waals surface area contributed by atoms with E-state index >= 15 is 0 Å². The molecule has 16 heavy (non-hydrogen) atoms. The van der Waals surface area contributed by atoms with Gasteiger partial charge in [-0.05, 0) is 25.8 Å². The molecule has 0 radical (unpaired) electrons. The van der Waals surface area contributed by atoms with Crippen LogP contribution in [0.1, 0.15) is 29.8 Å². The number of hydrogen-bond donors (Lipinski definition) is 0. The van der Waals surface area contributed by atoms with Crippen molar-refractivity contribution in [3.05, 3.63) is 29.3 Å². The Labute approximate surface area is 93.0 Å². The van der Waals surface area contributed by atoms with Gasteiger partial charge in [0, 0.05) is 6.20 Å². The van der Waals surface area contributed by atoms with E-state index in [1.807, 2.05) is 13.8 Å². The fraction of sp³-hybridized carbons (Fsp3) is 0.455. The van der Waals surface area contributed by atoms with Gasteiger partial charge in [0.05, 0.1) is 24.4 Å². The molecule has 0 unspecified atom stereocenters. The van der Waals surface area contributed by atoms with Gasteiger partial charge < -0.3 is 0 Å². The van der Waals surface area contributed by atoms with E-state index in [0.717, 1.165) is 6.20 Å². The van der Waals surface area contributed by atoms with Gasteiger partial charge in [-0.3, -0.25) is 14.6 Å². The van der Waals surface area contributed by atoms with Crippen molar-refractivity contribution < 1.29 is 14.0 Å². The third-order valence-corrected chi connectivity index (χ3v) is 2.34. The first-order chi connectivity index (χ1) is 7.59. The molecule has 1 amide bonds. The third-order valence-electron chi connectivity index (χ3n) is 2.34. The summed E-state index contributed by atoms with van der Waals surface area (Å²) in [5.41, 5.74) is 0.732. The summed E-state index contributed by atoms with van der Waals surface area (Å²) in [7, 11) is 0. The molecule has 1 aliphatic rings. The highest BCUT2D eigenvalue weighted by Gasteiger charge is 2.28. The molecule has 5 heteroatoms. The summed E-state index contributed by atoms with van der Waals surface area (Å²) < 4.78 is 13.5. The fourth-order valence-corrected chi connectivity index (χ4v) is 1.71. The second kappa shape index (κ2) is 4.17. The van der Waals surface area contributed by atoms with Gasteiger partial charge >= 0.3 is 0 Å². The van der Waals surface area contributed by atoms with E-state index in [-0.39, 0.29) is 11.7 Å². The van der Waals surface area contributed by atoms with E-state index in [2.05, 4.69) is 4.98 Å². The molecule has 0 atom stereocenters. The van der Waals surface area contributed by atoms with Crippen LogP contribution in [0.5, 0.6) is 0 Å². The number of nitrogens with zero attached hydrogens (tertiary/aromatic N) is 2. The fourth-order valence-electron chi connectivity index (χ4n) is 1.71. The van der Waals surface area contributed by atoms with E-state index in [1.165, 1.54) is 11.3 Å². The van der Waals surface area contributed by atoms with Gasteiger partial charge in [-0.25, -0.2) is 9.45 Å². The molecule has 0 aliphatic carbocycles. The normalized spacial score (nSPS) is 15.5. The maximum absolute atomic E-state index is 13.5. The van der Waals surface area contributed by atoms with Crippen LogP contribution in [0.2, 0.25) is 0 Å². The molecule has 0 saturated carbocycles. The van der Waals surface area contributed by atoms with E-state index in [9.17, 15) is 9.18 Å². The van der Waals surface area contributed by atoms with E-state index in [1.54, 1.807) is 0 Å². The summed E-state index contributed by atoms with van der Waals surface area (Å²) in [5, 5.41) is 1.22. The van der Waals surface area contributed by atoms with Crippen molar-refractivity contribution in [1.82, 2.24) is 10.0 Å². The van der Waals surface area contributed by atoms with Crippen LogP contribution in [0.15, 0.2) is 12.4 Å². The minimum absolute atomic E-state index is 0.0851. The molecular weight excluding hydrogens is 211 g/mol. The summed E-state index contributed by atoms with van der Waals surface area (Å²) in [6.07, 6.45) is 3.05. The van der Waals surface area contributed by atoms with Crippen LogP contribution in [-0.2, 0) is 11.3 Å². The number of pyridine rings is 1. The lowest BCUT2D eigenvalue weighted by molar-refractivity contribution is -0.154. The Morgan fingerprint density at radius 1 is 1.50 bits per heavy atom. The molecule has 0 saturated heterocycles. The largest absolute Gasteiger partial charge is 0.280 e. The Hall–Kier alpha value is -1.49. The molecule has 0 fully saturated rings. The molecule has 1 aromatic heterocycles. The Morgan fingerprint density at radius 2 is 2.25 bits per heavy atom. The first kappa shape index (κ1) is 11.0. The quantitative estimate of drug-likeness (QED) is 0.765. The van der Waals surface area contributed by atoms with E-state index < -0.39 is 11.7 Å². The van der Waals surface area contributed by atoms with Gasteiger partial charge in [-0.2, -0.15) is 0 Å². The zero-order valence-corrected chi connectivity index (χ0v) is 9.24. The van der Waals surface area contributed by atoms with Crippen LogP contribution >= 0.6 is 0 Å². The van der Waals surface area contributed by atoms with Gasteiger partial charge in [0.15, 0.2) is 5.82 Å². The lowest BCUT2D eigenvalue weighted by Gasteiger charge is -2.28. The van der Waals surface area contributed by atoms with Crippen molar-refractivity contribution in [3.63, 3.8) is 0 Å². The van der Waals surface area contributed by atoms with E-state index in [0.29, 0.717) is 18.5 Å². The lowest BCUT2D eigenvalue weighted by Crippen LogP contribution is -2.40. The average Bonchev–Trinajstić information content (AvgIpc) is 2.22.